The molecule has 2 saturated heterocycles. The lowest BCUT2D eigenvalue weighted by Crippen LogP contribution is -2.42. The highest BCUT2D eigenvalue weighted by Crippen LogP contribution is 2.22. The first-order valence-corrected chi connectivity index (χ1v) is 11.8. The van der Waals surface area contributed by atoms with Gasteiger partial charge in [0, 0.05) is 44.0 Å². The molecule has 4 rings (SSSR count). The molecular formula is C24H31N3O2S. The minimum absolute atomic E-state index is 0.0325. The third kappa shape index (κ3) is 5.49. The Morgan fingerprint density at radius 3 is 2.77 bits per heavy atom. The van der Waals surface area contributed by atoms with Gasteiger partial charge in [-0.15, -0.1) is 11.3 Å². The summed E-state index contributed by atoms with van der Waals surface area (Å²) >= 11 is 1.81. The van der Waals surface area contributed by atoms with E-state index in [0.717, 1.165) is 31.6 Å². The fourth-order valence-electron chi connectivity index (χ4n) is 4.49. The van der Waals surface area contributed by atoms with Crippen LogP contribution in [0, 0.1) is 18.8 Å². The topological polar surface area (TPSA) is 52.7 Å². The second-order valence-electron chi connectivity index (χ2n) is 8.73. The fraction of sp³-hybridized carbons (Fsp3) is 0.500. The molecule has 2 atom stereocenters. The molecule has 2 fully saturated rings. The van der Waals surface area contributed by atoms with E-state index in [4.69, 9.17) is 0 Å². The molecule has 2 aliphatic heterocycles. The van der Waals surface area contributed by atoms with Gasteiger partial charge in [0.15, 0.2) is 0 Å². The number of carbonyl (C=O) groups excluding carboxylic acids is 2. The summed E-state index contributed by atoms with van der Waals surface area (Å²) in [5, 5.41) is 5.27. The number of nitrogens with one attached hydrogen (secondary N) is 1. The van der Waals surface area contributed by atoms with Crippen LogP contribution in [0.25, 0.3) is 0 Å². The number of amides is 2. The van der Waals surface area contributed by atoms with Crippen molar-refractivity contribution < 1.29 is 9.59 Å². The number of hydrogen-bond donors (Lipinski definition) is 1. The predicted octanol–water partition coefficient (Wildman–Crippen LogP) is 3.43. The maximum atomic E-state index is 12.7. The predicted molar refractivity (Wildman–Crippen MR) is 120 cm³/mol. The van der Waals surface area contributed by atoms with Crippen LogP contribution in [0.2, 0.25) is 0 Å². The van der Waals surface area contributed by atoms with Crippen LogP contribution in [0.3, 0.4) is 0 Å². The van der Waals surface area contributed by atoms with E-state index in [2.05, 4.69) is 58.9 Å². The van der Waals surface area contributed by atoms with Gasteiger partial charge in [-0.1, -0.05) is 35.9 Å². The van der Waals surface area contributed by atoms with Gasteiger partial charge >= 0.3 is 0 Å². The molecule has 3 heterocycles. The molecule has 160 valence electrons. The van der Waals surface area contributed by atoms with Crippen molar-refractivity contribution in [2.45, 2.75) is 39.3 Å². The third-order valence-corrected chi connectivity index (χ3v) is 7.07. The molecule has 30 heavy (non-hydrogen) atoms. The van der Waals surface area contributed by atoms with Crippen LogP contribution < -0.4 is 5.32 Å². The highest BCUT2D eigenvalue weighted by molar-refractivity contribution is 7.09. The number of carbonyl (C=O) groups is 2. The molecule has 5 nitrogen and oxygen atoms in total. The summed E-state index contributed by atoms with van der Waals surface area (Å²) in [4.78, 5) is 30.8. The molecule has 6 heteroatoms. The SMILES string of the molecule is Cc1ccc(CN2CC(C(=O)NCC3CCCN(Cc4cccs4)C3)CC2=O)cc1. The van der Waals surface area contributed by atoms with Gasteiger partial charge in [0.2, 0.25) is 11.8 Å². The van der Waals surface area contributed by atoms with Crippen molar-refractivity contribution in [1.82, 2.24) is 15.1 Å². The lowest BCUT2D eigenvalue weighted by Gasteiger charge is -2.32. The summed E-state index contributed by atoms with van der Waals surface area (Å²) in [6.45, 7) is 7.04. The van der Waals surface area contributed by atoms with E-state index in [9.17, 15) is 9.59 Å². The largest absolute Gasteiger partial charge is 0.355 e. The van der Waals surface area contributed by atoms with Gasteiger partial charge < -0.3 is 10.2 Å². The molecule has 2 aromatic rings. The summed E-state index contributed by atoms with van der Waals surface area (Å²) in [5.74, 6) is 0.373. The van der Waals surface area contributed by atoms with Crippen molar-refractivity contribution in [3.8, 4) is 0 Å². The third-order valence-electron chi connectivity index (χ3n) is 6.21. The van der Waals surface area contributed by atoms with Crippen molar-refractivity contribution in [2.75, 3.05) is 26.2 Å². The number of rotatable bonds is 7. The summed E-state index contributed by atoms with van der Waals surface area (Å²) in [7, 11) is 0. The molecular weight excluding hydrogens is 394 g/mol. The fourth-order valence-corrected chi connectivity index (χ4v) is 5.23. The van der Waals surface area contributed by atoms with Gasteiger partial charge in [0.05, 0.1) is 5.92 Å². The highest BCUT2D eigenvalue weighted by Gasteiger charge is 2.34. The Kier molecular flexibility index (Phi) is 6.85. The van der Waals surface area contributed by atoms with E-state index in [-0.39, 0.29) is 17.7 Å². The Bertz CT molecular complexity index is 850. The second kappa shape index (κ2) is 9.75. The van der Waals surface area contributed by atoms with Gasteiger partial charge in [-0.2, -0.15) is 0 Å². The normalized spacial score (nSPS) is 22.4. The standard InChI is InChI=1S/C24H31N3O2S/c1-18-6-8-19(9-7-18)15-27-16-21(12-23(27)28)24(29)25-13-20-4-2-10-26(14-20)17-22-5-3-11-30-22/h3,5-9,11,20-21H,2,4,10,12-17H2,1H3,(H,25,29). The van der Waals surface area contributed by atoms with Crippen LogP contribution in [-0.4, -0.2) is 47.8 Å². The minimum Gasteiger partial charge on any atom is -0.355 e. The first-order valence-electron chi connectivity index (χ1n) is 10.9. The van der Waals surface area contributed by atoms with Gasteiger partial charge in [-0.3, -0.25) is 14.5 Å². The number of hydrogen-bond acceptors (Lipinski definition) is 4. The van der Waals surface area contributed by atoms with Gasteiger partial charge in [0.25, 0.3) is 0 Å². The number of likely N-dealkylation sites (tertiary alicyclic amines) is 2. The van der Waals surface area contributed by atoms with Crippen molar-refractivity contribution in [3.05, 3.63) is 57.8 Å². The van der Waals surface area contributed by atoms with Crippen molar-refractivity contribution >= 4 is 23.2 Å². The molecule has 0 spiro atoms. The molecule has 2 unspecified atom stereocenters. The summed E-state index contributed by atoms with van der Waals surface area (Å²) < 4.78 is 0. The Morgan fingerprint density at radius 1 is 1.17 bits per heavy atom. The zero-order valence-corrected chi connectivity index (χ0v) is 18.5. The maximum absolute atomic E-state index is 12.7. The number of piperidine rings is 1. The summed E-state index contributed by atoms with van der Waals surface area (Å²) in [6, 6.07) is 12.5. The Balaban J connectivity index is 1.23. The van der Waals surface area contributed by atoms with E-state index >= 15 is 0 Å². The quantitative estimate of drug-likeness (QED) is 0.739. The molecule has 0 aliphatic carbocycles. The molecule has 0 saturated carbocycles. The summed E-state index contributed by atoms with van der Waals surface area (Å²) in [6.07, 6.45) is 2.66. The van der Waals surface area contributed by atoms with E-state index in [1.807, 2.05) is 4.90 Å². The van der Waals surface area contributed by atoms with E-state index in [0.29, 0.717) is 32.0 Å². The average Bonchev–Trinajstić information content (AvgIpc) is 3.38. The zero-order chi connectivity index (χ0) is 20.9. The summed E-state index contributed by atoms with van der Waals surface area (Å²) in [5.41, 5.74) is 2.32. The number of nitrogens with zero attached hydrogens (tertiary/aromatic N) is 2. The molecule has 2 amide bonds. The molecule has 0 radical (unpaired) electrons. The lowest BCUT2D eigenvalue weighted by atomic mass is 9.97. The molecule has 1 N–H and O–H groups in total. The zero-order valence-electron chi connectivity index (χ0n) is 17.7. The molecule has 1 aromatic heterocycles. The highest BCUT2D eigenvalue weighted by atomic mass is 32.1. The van der Waals surface area contributed by atoms with Crippen molar-refractivity contribution in [2.24, 2.45) is 11.8 Å². The van der Waals surface area contributed by atoms with Crippen LogP contribution in [0.1, 0.15) is 35.3 Å². The monoisotopic (exact) mass is 425 g/mol. The Labute approximate surface area is 183 Å². The second-order valence-corrected chi connectivity index (χ2v) is 9.76. The average molecular weight is 426 g/mol. The van der Waals surface area contributed by atoms with E-state index in [1.165, 1.54) is 16.9 Å². The molecule has 0 bridgehead atoms. The number of aryl methyl sites for hydroxylation is 1. The first kappa shape index (κ1) is 21.1. The van der Waals surface area contributed by atoms with Gasteiger partial charge in [0.1, 0.15) is 0 Å². The van der Waals surface area contributed by atoms with Gasteiger partial charge in [-0.25, -0.2) is 0 Å². The van der Waals surface area contributed by atoms with Crippen LogP contribution >= 0.6 is 11.3 Å². The Morgan fingerprint density at radius 2 is 2.00 bits per heavy atom. The smallest absolute Gasteiger partial charge is 0.225 e. The molecule has 2 aliphatic rings. The van der Waals surface area contributed by atoms with Crippen molar-refractivity contribution in [1.29, 1.82) is 0 Å². The van der Waals surface area contributed by atoms with Crippen LogP contribution in [-0.2, 0) is 22.7 Å². The van der Waals surface area contributed by atoms with E-state index in [1.54, 1.807) is 11.3 Å². The lowest BCUT2D eigenvalue weighted by molar-refractivity contribution is -0.129. The Hall–Kier alpha value is -2.18. The minimum atomic E-state index is -0.228. The van der Waals surface area contributed by atoms with E-state index < -0.39 is 0 Å². The van der Waals surface area contributed by atoms with Crippen LogP contribution in [0.4, 0.5) is 0 Å². The first-order chi connectivity index (χ1) is 14.6. The number of thiophene rings is 1. The number of benzene rings is 1. The van der Waals surface area contributed by atoms with Gasteiger partial charge in [-0.05, 0) is 49.2 Å². The maximum Gasteiger partial charge on any atom is 0.225 e. The van der Waals surface area contributed by atoms with Crippen molar-refractivity contribution in [3.63, 3.8) is 0 Å². The van der Waals surface area contributed by atoms with Crippen LogP contribution in [0.15, 0.2) is 41.8 Å². The van der Waals surface area contributed by atoms with Crippen LogP contribution in [0.5, 0.6) is 0 Å². The molecule has 1 aromatic carbocycles.